The number of likely N-dealkylation sites (tertiary alicyclic amines) is 1. The first-order valence-electron chi connectivity index (χ1n) is 8.64. The largest absolute Gasteiger partial charge is 0.434 e. The van der Waals surface area contributed by atoms with Gasteiger partial charge in [0.05, 0.1) is 17.4 Å². The van der Waals surface area contributed by atoms with E-state index in [0.717, 1.165) is 38.5 Å². The van der Waals surface area contributed by atoms with Gasteiger partial charge in [0.25, 0.3) is 5.24 Å². The zero-order valence-corrected chi connectivity index (χ0v) is 15.7. The molecule has 0 bridgehead atoms. The summed E-state index contributed by atoms with van der Waals surface area (Å²) in [6, 6.07) is 7.70. The first kappa shape index (κ1) is 21.9. The van der Waals surface area contributed by atoms with Crippen molar-refractivity contribution in [3.05, 3.63) is 47.8 Å². The minimum atomic E-state index is -4.72. The fourth-order valence-electron chi connectivity index (χ4n) is 2.75. The van der Waals surface area contributed by atoms with Gasteiger partial charge in [0, 0.05) is 19.5 Å². The summed E-state index contributed by atoms with van der Waals surface area (Å²) in [4.78, 5) is 23.8. The van der Waals surface area contributed by atoms with Gasteiger partial charge in [-0.1, -0.05) is 18.2 Å². The molecule has 2 heterocycles. The second-order valence-corrected chi connectivity index (χ2v) is 6.40. The molecule has 28 heavy (non-hydrogen) atoms. The maximum absolute atomic E-state index is 12.9. The molecule has 0 atom stereocenters. The van der Waals surface area contributed by atoms with Crippen molar-refractivity contribution < 1.29 is 22.8 Å². The number of amides is 1. The van der Waals surface area contributed by atoms with Crippen molar-refractivity contribution in [1.29, 1.82) is 0 Å². The summed E-state index contributed by atoms with van der Waals surface area (Å²) in [6.45, 7) is 2.48. The van der Waals surface area contributed by atoms with E-state index in [4.69, 9.17) is 17.3 Å². The Bertz CT molecular complexity index is 809. The molecule has 3 rings (SSSR count). The molecule has 0 radical (unpaired) electrons. The molecule has 2 N–H and O–H groups in total. The van der Waals surface area contributed by atoms with Crippen LogP contribution in [0.4, 0.5) is 13.2 Å². The van der Waals surface area contributed by atoms with Crippen LogP contribution < -0.4 is 5.73 Å². The smallest absolute Gasteiger partial charge is 0.343 e. The van der Waals surface area contributed by atoms with Crippen molar-refractivity contribution in [2.24, 2.45) is 5.73 Å². The van der Waals surface area contributed by atoms with Crippen LogP contribution in [-0.2, 0) is 11.0 Å². The van der Waals surface area contributed by atoms with Crippen LogP contribution in [0, 0.1) is 0 Å². The van der Waals surface area contributed by atoms with Gasteiger partial charge in [-0.15, -0.1) is 0 Å². The van der Waals surface area contributed by atoms with Crippen molar-refractivity contribution in [3.8, 4) is 5.69 Å². The summed E-state index contributed by atoms with van der Waals surface area (Å²) in [6.07, 6.45) is -1.20. The third kappa shape index (κ3) is 5.56. The van der Waals surface area contributed by atoms with Gasteiger partial charge in [0.15, 0.2) is 5.69 Å². The van der Waals surface area contributed by atoms with E-state index in [2.05, 4.69) is 5.10 Å². The quantitative estimate of drug-likeness (QED) is 0.759. The van der Waals surface area contributed by atoms with Crippen LogP contribution in [0.25, 0.3) is 5.69 Å². The monoisotopic (exact) mass is 416 g/mol. The number of alkyl halides is 3. The predicted molar refractivity (Wildman–Crippen MR) is 98.2 cm³/mol. The number of hydrogen-bond donors (Lipinski definition) is 1. The van der Waals surface area contributed by atoms with Crippen LogP contribution in [0.1, 0.15) is 35.3 Å². The topological polar surface area (TPSA) is 81.2 Å². The predicted octanol–water partition coefficient (Wildman–Crippen LogP) is 3.23. The zero-order valence-electron chi connectivity index (χ0n) is 15.0. The maximum atomic E-state index is 12.9. The molecule has 0 spiro atoms. The van der Waals surface area contributed by atoms with E-state index in [9.17, 15) is 22.8 Å². The molecule has 0 aliphatic carbocycles. The average molecular weight is 417 g/mol. The zero-order chi connectivity index (χ0) is 20.7. The van der Waals surface area contributed by atoms with E-state index in [1.165, 1.54) is 12.1 Å². The molecule has 10 heteroatoms. The molecule has 1 aliphatic heterocycles. The second-order valence-electron chi connectivity index (χ2n) is 6.05. The number of para-hydroxylation sites is 1. The lowest BCUT2D eigenvalue weighted by molar-refractivity contribution is -0.143. The van der Waals surface area contributed by atoms with E-state index in [-0.39, 0.29) is 5.69 Å². The van der Waals surface area contributed by atoms with Gasteiger partial charge in [-0.2, -0.15) is 18.3 Å². The summed E-state index contributed by atoms with van der Waals surface area (Å²) in [5, 5.41) is 2.38. The van der Waals surface area contributed by atoms with Gasteiger partial charge >= 0.3 is 6.18 Å². The average Bonchev–Trinajstić information content (AvgIpc) is 3.27. The Balaban J connectivity index is 0.000000237. The number of rotatable bonds is 5. The van der Waals surface area contributed by atoms with Crippen molar-refractivity contribution in [3.63, 3.8) is 0 Å². The van der Waals surface area contributed by atoms with Crippen molar-refractivity contribution in [1.82, 2.24) is 14.7 Å². The molecule has 1 fully saturated rings. The Hall–Kier alpha value is -2.39. The fraction of sp³-hybridized carbons (Fsp3) is 0.389. The highest BCUT2D eigenvalue weighted by molar-refractivity contribution is 6.67. The maximum Gasteiger partial charge on any atom is 0.434 e. The molecule has 0 unspecified atom stereocenters. The minimum Gasteiger partial charge on any atom is -0.343 e. The molecule has 1 aromatic carbocycles. The summed E-state index contributed by atoms with van der Waals surface area (Å²) in [5.74, 6) is 0.299. The molecular weight excluding hydrogens is 397 g/mol. The number of hydrogen-bond acceptors (Lipinski definition) is 4. The van der Waals surface area contributed by atoms with E-state index < -0.39 is 22.7 Å². The highest BCUT2D eigenvalue weighted by Gasteiger charge is 2.40. The second kappa shape index (κ2) is 9.70. The van der Waals surface area contributed by atoms with Gasteiger partial charge in [-0.25, -0.2) is 4.68 Å². The summed E-state index contributed by atoms with van der Waals surface area (Å²) >= 11 is 5.12. The van der Waals surface area contributed by atoms with Gasteiger partial charge in [0.2, 0.25) is 5.91 Å². The first-order chi connectivity index (χ1) is 13.3. The van der Waals surface area contributed by atoms with Crippen LogP contribution >= 0.6 is 11.6 Å². The Morgan fingerprint density at radius 1 is 1.25 bits per heavy atom. The van der Waals surface area contributed by atoms with Crippen LogP contribution in [0.5, 0.6) is 0 Å². The standard InChI is InChI=1S/C11H6ClF3N2O.C7H14N2O/c12-10(18)8-6-16-17(9(8)11(13,14)15)7-4-2-1-3-5-7;8-4-2-6-9-5-1-3-7(9)10/h1-6H;1-6,8H2. The number of carbonyl (C=O) groups is 2. The minimum absolute atomic E-state index is 0.203. The number of aromatic nitrogens is 2. The molecule has 1 aromatic heterocycles. The van der Waals surface area contributed by atoms with Crippen molar-refractivity contribution >= 4 is 22.8 Å². The molecular formula is C18H20ClF3N4O2. The summed E-state index contributed by atoms with van der Waals surface area (Å²) in [7, 11) is 0. The number of halogens is 4. The van der Waals surface area contributed by atoms with Gasteiger partial charge < -0.3 is 10.6 Å². The first-order valence-corrected chi connectivity index (χ1v) is 9.01. The lowest BCUT2D eigenvalue weighted by atomic mass is 10.2. The Kier molecular flexibility index (Phi) is 7.59. The fourth-order valence-corrected chi connectivity index (χ4v) is 2.89. The Labute approximate surface area is 165 Å². The third-order valence-corrected chi connectivity index (χ3v) is 4.26. The van der Waals surface area contributed by atoms with Crippen molar-refractivity contribution in [2.75, 3.05) is 19.6 Å². The number of nitrogens with two attached hydrogens (primary N) is 1. The Morgan fingerprint density at radius 3 is 2.43 bits per heavy atom. The molecule has 0 saturated carbocycles. The normalized spacial score (nSPS) is 14.0. The summed E-state index contributed by atoms with van der Waals surface area (Å²) < 4.78 is 39.4. The highest BCUT2D eigenvalue weighted by Crippen LogP contribution is 2.34. The molecule has 1 aliphatic rings. The molecule has 2 aromatic rings. The van der Waals surface area contributed by atoms with Crippen LogP contribution in [0.3, 0.4) is 0 Å². The van der Waals surface area contributed by atoms with E-state index in [1.807, 2.05) is 4.90 Å². The van der Waals surface area contributed by atoms with Gasteiger partial charge in [0.1, 0.15) is 0 Å². The lowest BCUT2D eigenvalue weighted by Gasteiger charge is -2.13. The van der Waals surface area contributed by atoms with Crippen LogP contribution in [0.15, 0.2) is 36.5 Å². The van der Waals surface area contributed by atoms with Crippen LogP contribution in [0.2, 0.25) is 0 Å². The lowest BCUT2D eigenvalue weighted by Crippen LogP contribution is -2.27. The molecule has 1 amide bonds. The summed E-state index contributed by atoms with van der Waals surface area (Å²) in [5.41, 5.74) is 3.69. The van der Waals surface area contributed by atoms with E-state index in [1.54, 1.807) is 18.2 Å². The molecule has 152 valence electrons. The number of benzene rings is 1. The number of nitrogens with zero attached hydrogens (tertiary/aromatic N) is 3. The number of carbonyl (C=O) groups excluding carboxylic acids is 2. The third-order valence-electron chi connectivity index (χ3n) is 4.05. The molecule has 1 saturated heterocycles. The van der Waals surface area contributed by atoms with E-state index in [0.29, 0.717) is 17.1 Å². The Morgan fingerprint density at radius 2 is 1.93 bits per heavy atom. The van der Waals surface area contributed by atoms with Crippen molar-refractivity contribution in [2.45, 2.75) is 25.4 Å². The SMILES string of the molecule is NCCCN1CCCC1=O.O=C(Cl)c1cnn(-c2ccccc2)c1C(F)(F)F. The van der Waals surface area contributed by atoms with Gasteiger partial charge in [-0.3, -0.25) is 9.59 Å². The van der Waals surface area contributed by atoms with Gasteiger partial charge in [-0.05, 0) is 43.1 Å². The van der Waals surface area contributed by atoms with E-state index >= 15 is 0 Å². The van der Waals surface area contributed by atoms with Crippen LogP contribution in [-0.4, -0.2) is 45.5 Å². The highest BCUT2D eigenvalue weighted by atomic mass is 35.5. The molecule has 6 nitrogen and oxygen atoms in total.